The molecular weight excluding hydrogens is 403 g/mol. The SMILES string of the molecule is CC(=O)NCCc1nnc(SCC(=O)c2ccc(F)cc2)n1-c1ccc(C)c(C)c1. The van der Waals surface area contributed by atoms with Gasteiger partial charge in [0.25, 0.3) is 0 Å². The van der Waals surface area contributed by atoms with Gasteiger partial charge in [-0.2, -0.15) is 0 Å². The Morgan fingerprint density at radius 3 is 2.47 bits per heavy atom. The summed E-state index contributed by atoms with van der Waals surface area (Å²) in [5.74, 6) is 0.253. The van der Waals surface area contributed by atoms with Gasteiger partial charge in [0, 0.05) is 31.1 Å². The van der Waals surface area contributed by atoms with Gasteiger partial charge in [-0.05, 0) is 61.4 Å². The summed E-state index contributed by atoms with van der Waals surface area (Å²) in [6, 6.07) is 11.6. The number of aromatic nitrogens is 3. The number of rotatable bonds is 8. The van der Waals surface area contributed by atoms with Crippen LogP contribution in [0.4, 0.5) is 4.39 Å². The van der Waals surface area contributed by atoms with E-state index in [2.05, 4.69) is 15.5 Å². The van der Waals surface area contributed by atoms with Crippen LogP contribution in [0, 0.1) is 19.7 Å². The van der Waals surface area contributed by atoms with Crippen molar-refractivity contribution in [2.24, 2.45) is 0 Å². The van der Waals surface area contributed by atoms with E-state index in [1.54, 1.807) is 0 Å². The number of amides is 1. The van der Waals surface area contributed by atoms with E-state index < -0.39 is 0 Å². The van der Waals surface area contributed by atoms with E-state index in [4.69, 9.17) is 0 Å². The highest BCUT2D eigenvalue weighted by molar-refractivity contribution is 7.99. The van der Waals surface area contributed by atoms with Gasteiger partial charge in [0.05, 0.1) is 5.75 Å². The quantitative estimate of drug-likeness (QED) is 0.439. The third-order valence-corrected chi connectivity index (χ3v) is 5.60. The molecule has 0 radical (unpaired) electrons. The maximum Gasteiger partial charge on any atom is 0.216 e. The minimum absolute atomic E-state index is 0.105. The average molecular weight is 427 g/mol. The molecule has 2 aromatic carbocycles. The summed E-state index contributed by atoms with van der Waals surface area (Å²) in [5.41, 5.74) is 3.66. The van der Waals surface area contributed by atoms with Crippen molar-refractivity contribution in [3.8, 4) is 5.69 Å². The molecule has 0 aliphatic carbocycles. The van der Waals surface area contributed by atoms with E-state index in [0.717, 1.165) is 11.3 Å². The first kappa shape index (κ1) is 21.7. The molecule has 0 unspecified atom stereocenters. The van der Waals surface area contributed by atoms with Crippen LogP contribution >= 0.6 is 11.8 Å². The first-order valence-electron chi connectivity index (χ1n) is 9.53. The molecule has 0 fully saturated rings. The van der Waals surface area contributed by atoms with Crippen LogP contribution < -0.4 is 5.32 Å². The molecule has 0 aliphatic heterocycles. The lowest BCUT2D eigenvalue weighted by Crippen LogP contribution is -2.23. The first-order valence-corrected chi connectivity index (χ1v) is 10.5. The highest BCUT2D eigenvalue weighted by Crippen LogP contribution is 2.24. The molecule has 1 N–H and O–H groups in total. The number of thioether (sulfide) groups is 1. The van der Waals surface area contributed by atoms with Crippen LogP contribution in [0.5, 0.6) is 0 Å². The molecule has 6 nitrogen and oxygen atoms in total. The highest BCUT2D eigenvalue weighted by Gasteiger charge is 2.17. The molecule has 3 rings (SSSR count). The van der Waals surface area contributed by atoms with E-state index in [9.17, 15) is 14.0 Å². The molecule has 0 saturated carbocycles. The summed E-state index contributed by atoms with van der Waals surface area (Å²) in [6.45, 7) is 5.99. The fourth-order valence-electron chi connectivity index (χ4n) is 2.88. The van der Waals surface area contributed by atoms with Gasteiger partial charge in [0.15, 0.2) is 10.9 Å². The molecule has 1 aromatic heterocycles. The van der Waals surface area contributed by atoms with Gasteiger partial charge >= 0.3 is 0 Å². The van der Waals surface area contributed by atoms with Crippen molar-refractivity contribution in [3.63, 3.8) is 0 Å². The summed E-state index contributed by atoms with van der Waals surface area (Å²) >= 11 is 1.28. The van der Waals surface area contributed by atoms with Crippen LogP contribution in [0.15, 0.2) is 47.6 Å². The van der Waals surface area contributed by atoms with Crippen LogP contribution in [0.3, 0.4) is 0 Å². The average Bonchev–Trinajstić information content (AvgIpc) is 3.11. The van der Waals surface area contributed by atoms with Crippen molar-refractivity contribution in [1.82, 2.24) is 20.1 Å². The number of benzene rings is 2. The minimum atomic E-state index is -0.377. The zero-order chi connectivity index (χ0) is 21.7. The van der Waals surface area contributed by atoms with Crippen molar-refractivity contribution < 1.29 is 14.0 Å². The third-order valence-electron chi connectivity index (χ3n) is 4.67. The molecule has 0 atom stereocenters. The summed E-state index contributed by atoms with van der Waals surface area (Å²) in [4.78, 5) is 23.7. The van der Waals surface area contributed by atoms with Gasteiger partial charge in [0.2, 0.25) is 5.91 Å². The number of carbonyl (C=O) groups excluding carboxylic acids is 2. The molecule has 8 heteroatoms. The number of ketones is 1. The number of hydrogen-bond donors (Lipinski definition) is 1. The van der Waals surface area contributed by atoms with E-state index in [1.165, 1.54) is 48.5 Å². The van der Waals surface area contributed by atoms with Crippen molar-refractivity contribution in [3.05, 3.63) is 70.8 Å². The lowest BCUT2D eigenvalue weighted by atomic mass is 10.1. The molecule has 156 valence electrons. The summed E-state index contributed by atoms with van der Waals surface area (Å²) in [7, 11) is 0. The van der Waals surface area contributed by atoms with E-state index in [1.807, 2.05) is 36.6 Å². The smallest absolute Gasteiger partial charge is 0.216 e. The number of aryl methyl sites for hydroxylation is 2. The molecule has 3 aromatic rings. The molecule has 0 saturated heterocycles. The molecular formula is C22H23FN4O2S. The van der Waals surface area contributed by atoms with E-state index in [-0.39, 0.29) is 23.3 Å². The molecule has 1 amide bonds. The number of Topliss-reactive ketones (excluding diaryl/α,β-unsaturated/α-hetero) is 1. The van der Waals surface area contributed by atoms with Crippen LogP contribution in [0.1, 0.15) is 34.2 Å². The zero-order valence-corrected chi connectivity index (χ0v) is 17.9. The van der Waals surface area contributed by atoms with Crippen molar-refractivity contribution >= 4 is 23.5 Å². The molecule has 0 aliphatic rings. The second kappa shape index (κ2) is 9.67. The first-order chi connectivity index (χ1) is 14.3. The Labute approximate surface area is 178 Å². The number of nitrogens with one attached hydrogen (secondary N) is 1. The van der Waals surface area contributed by atoms with E-state index >= 15 is 0 Å². The number of halogens is 1. The maximum absolute atomic E-state index is 13.1. The van der Waals surface area contributed by atoms with Crippen LogP contribution in [0.2, 0.25) is 0 Å². The predicted octanol–water partition coefficient (Wildman–Crippen LogP) is 3.68. The Hall–Kier alpha value is -3.00. The molecule has 1 heterocycles. The number of nitrogens with zero attached hydrogens (tertiary/aromatic N) is 3. The van der Waals surface area contributed by atoms with Gasteiger partial charge in [-0.1, -0.05) is 17.8 Å². The standard InChI is InChI=1S/C22H23FN4O2S/c1-14-4-9-19(12-15(14)2)27-21(10-11-24-16(3)28)25-26-22(27)30-13-20(29)17-5-7-18(23)8-6-17/h4-9,12H,10-11,13H2,1-3H3,(H,24,28). The van der Waals surface area contributed by atoms with E-state index in [0.29, 0.717) is 29.5 Å². The highest BCUT2D eigenvalue weighted by atomic mass is 32.2. The van der Waals surface area contributed by atoms with Crippen molar-refractivity contribution in [2.45, 2.75) is 32.3 Å². The fraction of sp³-hybridized carbons (Fsp3) is 0.273. The number of hydrogen-bond acceptors (Lipinski definition) is 5. The van der Waals surface area contributed by atoms with Gasteiger partial charge in [-0.25, -0.2) is 4.39 Å². The lowest BCUT2D eigenvalue weighted by Gasteiger charge is -2.12. The Morgan fingerprint density at radius 2 is 1.80 bits per heavy atom. The predicted molar refractivity (Wildman–Crippen MR) is 115 cm³/mol. The van der Waals surface area contributed by atoms with Crippen molar-refractivity contribution in [2.75, 3.05) is 12.3 Å². The molecule has 0 bridgehead atoms. The second-order valence-corrected chi connectivity index (χ2v) is 7.90. The topological polar surface area (TPSA) is 76.9 Å². The summed E-state index contributed by atoms with van der Waals surface area (Å²) in [6.07, 6.45) is 0.506. The fourth-order valence-corrected chi connectivity index (χ4v) is 3.74. The largest absolute Gasteiger partial charge is 0.356 e. The van der Waals surface area contributed by atoms with Gasteiger partial charge in [-0.3, -0.25) is 14.2 Å². The third kappa shape index (κ3) is 5.33. The van der Waals surface area contributed by atoms with Crippen LogP contribution in [0.25, 0.3) is 5.69 Å². The normalized spacial score (nSPS) is 10.8. The second-order valence-electron chi connectivity index (χ2n) is 6.95. The zero-order valence-electron chi connectivity index (χ0n) is 17.1. The molecule has 30 heavy (non-hydrogen) atoms. The van der Waals surface area contributed by atoms with Gasteiger partial charge < -0.3 is 5.32 Å². The summed E-state index contributed by atoms with van der Waals surface area (Å²) in [5, 5.41) is 11.9. The lowest BCUT2D eigenvalue weighted by molar-refractivity contribution is -0.118. The minimum Gasteiger partial charge on any atom is -0.356 e. The Kier molecular flexibility index (Phi) is 6.99. The maximum atomic E-state index is 13.1. The Morgan fingerprint density at radius 1 is 1.07 bits per heavy atom. The Balaban J connectivity index is 1.84. The van der Waals surface area contributed by atoms with Gasteiger partial charge in [0.1, 0.15) is 11.6 Å². The Bertz CT molecular complexity index is 1060. The van der Waals surface area contributed by atoms with Crippen molar-refractivity contribution in [1.29, 1.82) is 0 Å². The van der Waals surface area contributed by atoms with Crippen LogP contribution in [-0.4, -0.2) is 38.8 Å². The van der Waals surface area contributed by atoms with Gasteiger partial charge in [-0.15, -0.1) is 10.2 Å². The summed E-state index contributed by atoms with van der Waals surface area (Å²) < 4.78 is 15.0. The number of carbonyl (C=O) groups is 2. The molecule has 0 spiro atoms. The van der Waals surface area contributed by atoms with Crippen LogP contribution in [-0.2, 0) is 11.2 Å². The monoisotopic (exact) mass is 426 g/mol.